The molecule has 5 heteroatoms. The summed E-state index contributed by atoms with van der Waals surface area (Å²) in [7, 11) is 0. The Hall–Kier alpha value is -1.89. The Balaban J connectivity index is 2.28. The van der Waals surface area contributed by atoms with Gasteiger partial charge in [0, 0.05) is 9.13 Å². The third-order valence-corrected chi connectivity index (χ3v) is 3.64. The van der Waals surface area contributed by atoms with Gasteiger partial charge in [-0.15, -0.1) is 0 Å². The largest absolute Gasteiger partial charge is 0.490 e. The third kappa shape index (κ3) is 3.81. The van der Waals surface area contributed by atoms with Crippen molar-refractivity contribution in [1.29, 1.82) is 0 Å². The van der Waals surface area contributed by atoms with Gasteiger partial charge in [0.2, 0.25) is 0 Å². The molecule has 0 aliphatic heterocycles. The molecule has 0 saturated carbocycles. The van der Waals surface area contributed by atoms with Crippen LogP contribution in [0, 0.1) is 3.57 Å². The number of aldehydes is 1. The van der Waals surface area contributed by atoms with Gasteiger partial charge in [0.05, 0.1) is 12.2 Å². The number of hydrogen-bond acceptors (Lipinski definition) is 4. The minimum absolute atomic E-state index is 0.298. The molecule has 0 aliphatic carbocycles. The van der Waals surface area contributed by atoms with Crippen molar-refractivity contribution in [3.63, 3.8) is 0 Å². The molecule has 0 fully saturated rings. The predicted octanol–water partition coefficient (Wildman–Crippen LogP) is 3.72. The molecule has 0 spiro atoms. The maximum Gasteiger partial charge on any atom is 0.344 e. The Morgan fingerprint density at radius 2 is 1.95 bits per heavy atom. The summed E-state index contributed by atoms with van der Waals surface area (Å²) in [5.74, 6) is 0.216. The van der Waals surface area contributed by atoms with E-state index in [1.807, 2.05) is 19.1 Å². The average molecular weight is 396 g/mol. The van der Waals surface area contributed by atoms with E-state index in [1.54, 1.807) is 30.3 Å². The molecule has 2 aromatic rings. The zero-order valence-corrected chi connectivity index (χ0v) is 13.5. The summed E-state index contributed by atoms with van der Waals surface area (Å²) < 4.78 is 11.6. The summed E-state index contributed by atoms with van der Waals surface area (Å²) >= 11 is 2.08. The van der Waals surface area contributed by atoms with Crippen LogP contribution in [0.1, 0.15) is 27.6 Å². The molecular formula is C16H13IO4. The number of esters is 1. The van der Waals surface area contributed by atoms with Gasteiger partial charge >= 0.3 is 5.97 Å². The van der Waals surface area contributed by atoms with Crippen LogP contribution in [0.2, 0.25) is 0 Å². The number of hydrogen-bond donors (Lipinski definition) is 0. The van der Waals surface area contributed by atoms with E-state index in [0.717, 1.165) is 3.57 Å². The fourth-order valence-electron chi connectivity index (χ4n) is 1.73. The van der Waals surface area contributed by atoms with E-state index in [9.17, 15) is 9.59 Å². The highest BCUT2D eigenvalue weighted by molar-refractivity contribution is 14.1. The first-order chi connectivity index (χ1) is 10.2. The summed E-state index contributed by atoms with van der Waals surface area (Å²) in [6.07, 6.45) is 0.717. The highest BCUT2D eigenvalue weighted by Gasteiger charge is 2.15. The normalized spacial score (nSPS) is 10.0. The highest BCUT2D eigenvalue weighted by Crippen LogP contribution is 2.29. The van der Waals surface area contributed by atoms with Crippen molar-refractivity contribution in [2.45, 2.75) is 6.92 Å². The minimum atomic E-state index is -0.459. The van der Waals surface area contributed by atoms with Crippen LogP contribution in [0.4, 0.5) is 0 Å². The van der Waals surface area contributed by atoms with Gasteiger partial charge in [-0.2, -0.15) is 0 Å². The van der Waals surface area contributed by atoms with Crippen LogP contribution in [0.5, 0.6) is 11.5 Å². The van der Waals surface area contributed by atoms with Gasteiger partial charge in [-0.05, 0) is 59.8 Å². The van der Waals surface area contributed by atoms with E-state index in [2.05, 4.69) is 22.6 Å². The van der Waals surface area contributed by atoms with Crippen LogP contribution in [0.25, 0.3) is 0 Å². The van der Waals surface area contributed by atoms with Crippen LogP contribution in [-0.4, -0.2) is 18.9 Å². The molecule has 2 aromatic carbocycles. The molecule has 0 aliphatic rings. The molecule has 0 unspecified atom stereocenters. The van der Waals surface area contributed by atoms with E-state index in [4.69, 9.17) is 9.47 Å². The topological polar surface area (TPSA) is 52.6 Å². The zero-order chi connectivity index (χ0) is 15.2. The Kier molecular flexibility index (Phi) is 5.32. The molecular weight excluding hydrogens is 383 g/mol. The van der Waals surface area contributed by atoms with Crippen molar-refractivity contribution in [3.05, 3.63) is 57.2 Å². The molecule has 4 nitrogen and oxygen atoms in total. The van der Waals surface area contributed by atoms with Crippen molar-refractivity contribution in [1.82, 2.24) is 0 Å². The number of ether oxygens (including phenoxy) is 2. The van der Waals surface area contributed by atoms with Crippen molar-refractivity contribution in [3.8, 4) is 11.5 Å². The zero-order valence-electron chi connectivity index (χ0n) is 11.3. The number of benzene rings is 2. The lowest BCUT2D eigenvalue weighted by Gasteiger charge is -2.11. The second kappa shape index (κ2) is 7.21. The van der Waals surface area contributed by atoms with Crippen LogP contribution in [-0.2, 0) is 0 Å². The third-order valence-electron chi connectivity index (χ3n) is 2.70. The van der Waals surface area contributed by atoms with E-state index >= 15 is 0 Å². The standard InChI is InChI=1S/C16H13IO4/c1-2-20-15-9-11(10-18)7-8-14(15)21-16(19)12-5-3-4-6-13(12)17/h3-10H,2H2,1H3. The Morgan fingerprint density at radius 3 is 2.62 bits per heavy atom. The second-order valence-corrected chi connectivity index (χ2v) is 5.29. The highest BCUT2D eigenvalue weighted by atomic mass is 127. The van der Waals surface area contributed by atoms with Crippen LogP contribution < -0.4 is 9.47 Å². The maximum absolute atomic E-state index is 12.2. The summed E-state index contributed by atoms with van der Waals surface area (Å²) in [5.41, 5.74) is 0.951. The summed E-state index contributed by atoms with van der Waals surface area (Å²) in [5, 5.41) is 0. The van der Waals surface area contributed by atoms with Gasteiger partial charge in [0.15, 0.2) is 11.5 Å². The number of halogens is 1. The first-order valence-electron chi connectivity index (χ1n) is 6.34. The molecule has 0 saturated heterocycles. The quantitative estimate of drug-likeness (QED) is 0.335. The number of rotatable bonds is 5. The fourth-order valence-corrected chi connectivity index (χ4v) is 2.34. The van der Waals surface area contributed by atoms with E-state index in [1.165, 1.54) is 0 Å². The molecule has 21 heavy (non-hydrogen) atoms. The summed E-state index contributed by atoms with van der Waals surface area (Å²) in [4.78, 5) is 23.0. The lowest BCUT2D eigenvalue weighted by Crippen LogP contribution is -2.11. The lowest BCUT2D eigenvalue weighted by atomic mass is 10.2. The predicted molar refractivity (Wildman–Crippen MR) is 87.1 cm³/mol. The first kappa shape index (κ1) is 15.5. The second-order valence-electron chi connectivity index (χ2n) is 4.13. The first-order valence-corrected chi connectivity index (χ1v) is 7.42. The molecule has 0 amide bonds. The molecule has 0 heterocycles. The lowest BCUT2D eigenvalue weighted by molar-refractivity contribution is 0.0727. The molecule has 0 atom stereocenters. The Morgan fingerprint density at radius 1 is 1.19 bits per heavy atom. The monoisotopic (exact) mass is 396 g/mol. The molecule has 108 valence electrons. The van der Waals surface area contributed by atoms with Gasteiger partial charge < -0.3 is 9.47 Å². The van der Waals surface area contributed by atoms with E-state index < -0.39 is 5.97 Å². The molecule has 0 bridgehead atoms. The van der Waals surface area contributed by atoms with Crippen LogP contribution >= 0.6 is 22.6 Å². The van der Waals surface area contributed by atoms with Crippen molar-refractivity contribution < 1.29 is 19.1 Å². The average Bonchev–Trinajstić information content (AvgIpc) is 2.49. The van der Waals surface area contributed by atoms with Gasteiger partial charge in [-0.1, -0.05) is 12.1 Å². The number of carbonyl (C=O) groups excluding carboxylic acids is 2. The van der Waals surface area contributed by atoms with Crippen molar-refractivity contribution in [2.75, 3.05) is 6.61 Å². The van der Waals surface area contributed by atoms with E-state index in [0.29, 0.717) is 35.5 Å². The molecule has 0 N–H and O–H groups in total. The summed E-state index contributed by atoms with van der Waals surface area (Å²) in [6.45, 7) is 2.23. The minimum Gasteiger partial charge on any atom is -0.490 e. The van der Waals surface area contributed by atoms with Crippen LogP contribution in [0.15, 0.2) is 42.5 Å². The van der Waals surface area contributed by atoms with Gasteiger partial charge in [-0.3, -0.25) is 4.79 Å². The number of carbonyl (C=O) groups is 2. The smallest absolute Gasteiger partial charge is 0.344 e. The van der Waals surface area contributed by atoms with Gasteiger partial charge in [0.25, 0.3) is 0 Å². The van der Waals surface area contributed by atoms with Crippen molar-refractivity contribution >= 4 is 34.8 Å². The maximum atomic E-state index is 12.2. The van der Waals surface area contributed by atoms with Gasteiger partial charge in [-0.25, -0.2) is 4.79 Å². The molecule has 0 radical (unpaired) electrons. The Bertz CT molecular complexity index is 667. The van der Waals surface area contributed by atoms with Crippen LogP contribution in [0.3, 0.4) is 0 Å². The van der Waals surface area contributed by atoms with Crippen molar-refractivity contribution in [2.24, 2.45) is 0 Å². The Labute approximate surface area is 136 Å². The summed E-state index contributed by atoms with van der Waals surface area (Å²) in [6, 6.07) is 11.8. The van der Waals surface area contributed by atoms with Gasteiger partial charge in [0.1, 0.15) is 6.29 Å². The molecule has 0 aromatic heterocycles. The fraction of sp³-hybridized carbons (Fsp3) is 0.125. The van der Waals surface area contributed by atoms with E-state index in [-0.39, 0.29) is 0 Å². The SMILES string of the molecule is CCOc1cc(C=O)ccc1OC(=O)c1ccccc1I. The molecule has 2 rings (SSSR count).